The largest absolute Gasteiger partial charge is 0.335 e. The SMILES string of the molecule is Cc1ccsc1C(=O)NC(C#N)C1CC1. The monoisotopic (exact) mass is 220 g/mol. The van der Waals surface area contributed by atoms with Crippen molar-refractivity contribution in [2.75, 3.05) is 0 Å². The summed E-state index contributed by atoms with van der Waals surface area (Å²) >= 11 is 1.42. The highest BCUT2D eigenvalue weighted by Gasteiger charge is 2.32. The first-order valence-corrected chi connectivity index (χ1v) is 5.85. The van der Waals surface area contributed by atoms with Gasteiger partial charge in [0.25, 0.3) is 5.91 Å². The van der Waals surface area contributed by atoms with Gasteiger partial charge in [0, 0.05) is 0 Å². The summed E-state index contributed by atoms with van der Waals surface area (Å²) in [5.41, 5.74) is 0.977. The zero-order chi connectivity index (χ0) is 10.8. The van der Waals surface area contributed by atoms with Crippen molar-refractivity contribution in [2.45, 2.75) is 25.8 Å². The molecule has 1 fully saturated rings. The molecule has 2 rings (SSSR count). The number of nitrogens with zero attached hydrogens (tertiary/aromatic N) is 1. The third-order valence-corrected chi connectivity index (χ3v) is 3.60. The summed E-state index contributed by atoms with van der Waals surface area (Å²) in [6.45, 7) is 1.91. The Kier molecular flexibility index (Phi) is 2.74. The van der Waals surface area contributed by atoms with Crippen LogP contribution >= 0.6 is 11.3 Å². The molecule has 0 spiro atoms. The molecular formula is C11H12N2OS. The molecule has 0 saturated heterocycles. The molecule has 15 heavy (non-hydrogen) atoms. The molecule has 1 aliphatic rings. The van der Waals surface area contributed by atoms with E-state index in [9.17, 15) is 4.79 Å². The second kappa shape index (κ2) is 4.03. The van der Waals surface area contributed by atoms with Crippen LogP contribution in [0.1, 0.15) is 28.1 Å². The maximum atomic E-state index is 11.8. The molecule has 1 amide bonds. The number of nitriles is 1. The van der Waals surface area contributed by atoms with E-state index in [0.29, 0.717) is 5.92 Å². The summed E-state index contributed by atoms with van der Waals surface area (Å²) in [4.78, 5) is 12.5. The first-order chi connectivity index (χ1) is 7.22. The molecule has 4 heteroatoms. The lowest BCUT2D eigenvalue weighted by Crippen LogP contribution is -2.35. The van der Waals surface area contributed by atoms with Crippen molar-refractivity contribution in [3.8, 4) is 6.07 Å². The van der Waals surface area contributed by atoms with Gasteiger partial charge in [0.05, 0.1) is 10.9 Å². The van der Waals surface area contributed by atoms with Crippen LogP contribution in [-0.2, 0) is 0 Å². The van der Waals surface area contributed by atoms with Gasteiger partial charge in [0.2, 0.25) is 0 Å². The summed E-state index contributed by atoms with van der Waals surface area (Å²) < 4.78 is 0. The summed E-state index contributed by atoms with van der Waals surface area (Å²) in [5.74, 6) is 0.264. The molecule has 0 radical (unpaired) electrons. The van der Waals surface area contributed by atoms with Crippen molar-refractivity contribution in [1.29, 1.82) is 5.26 Å². The molecular weight excluding hydrogens is 208 g/mol. The lowest BCUT2D eigenvalue weighted by molar-refractivity contribution is 0.0945. The van der Waals surface area contributed by atoms with Gasteiger partial charge < -0.3 is 5.32 Å². The molecule has 0 aliphatic heterocycles. The molecule has 0 aromatic carbocycles. The first-order valence-electron chi connectivity index (χ1n) is 4.97. The molecule has 0 bridgehead atoms. The maximum absolute atomic E-state index is 11.8. The number of nitrogens with one attached hydrogen (secondary N) is 1. The van der Waals surface area contributed by atoms with Gasteiger partial charge in [-0.1, -0.05) is 0 Å². The molecule has 1 aromatic rings. The minimum Gasteiger partial charge on any atom is -0.335 e. The predicted octanol–water partition coefficient (Wildman–Crippen LogP) is 2.09. The highest BCUT2D eigenvalue weighted by atomic mass is 32.1. The maximum Gasteiger partial charge on any atom is 0.262 e. The highest BCUT2D eigenvalue weighted by molar-refractivity contribution is 7.12. The Morgan fingerprint density at radius 1 is 1.73 bits per heavy atom. The van der Waals surface area contributed by atoms with Crippen LogP contribution in [0.15, 0.2) is 11.4 Å². The number of hydrogen-bond acceptors (Lipinski definition) is 3. The van der Waals surface area contributed by atoms with Gasteiger partial charge >= 0.3 is 0 Å². The number of amides is 1. The van der Waals surface area contributed by atoms with Crippen LogP contribution in [0.25, 0.3) is 0 Å². The zero-order valence-corrected chi connectivity index (χ0v) is 9.30. The molecule has 1 atom stereocenters. The average molecular weight is 220 g/mol. The van der Waals surface area contributed by atoms with E-state index in [1.165, 1.54) is 11.3 Å². The van der Waals surface area contributed by atoms with E-state index in [1.54, 1.807) is 0 Å². The number of hydrogen-bond donors (Lipinski definition) is 1. The van der Waals surface area contributed by atoms with Crippen molar-refractivity contribution >= 4 is 17.2 Å². The third-order valence-electron chi connectivity index (χ3n) is 2.59. The number of carbonyl (C=O) groups excluding carboxylic acids is 1. The second-order valence-electron chi connectivity index (χ2n) is 3.85. The Hall–Kier alpha value is -1.34. The Bertz CT molecular complexity index is 414. The van der Waals surface area contributed by atoms with E-state index >= 15 is 0 Å². The first kappa shape index (κ1) is 10.2. The van der Waals surface area contributed by atoms with Gasteiger partial charge in [-0.25, -0.2) is 0 Å². The zero-order valence-electron chi connectivity index (χ0n) is 8.49. The van der Waals surface area contributed by atoms with E-state index in [1.807, 2.05) is 18.4 Å². The minimum absolute atomic E-state index is 0.110. The van der Waals surface area contributed by atoms with Gasteiger partial charge in [0.15, 0.2) is 0 Å². The van der Waals surface area contributed by atoms with Crippen LogP contribution in [0.5, 0.6) is 0 Å². The van der Waals surface area contributed by atoms with Gasteiger partial charge in [-0.15, -0.1) is 11.3 Å². The Morgan fingerprint density at radius 2 is 2.47 bits per heavy atom. The standard InChI is InChI=1S/C11H12N2OS/c1-7-4-5-15-10(7)11(14)13-9(6-12)8-2-3-8/h4-5,8-9H,2-3H2,1H3,(H,13,14). The fourth-order valence-electron chi connectivity index (χ4n) is 1.50. The molecule has 1 saturated carbocycles. The smallest absolute Gasteiger partial charge is 0.262 e. The van der Waals surface area contributed by atoms with Gasteiger partial charge in [-0.05, 0) is 42.7 Å². The molecule has 1 unspecified atom stereocenters. The second-order valence-corrected chi connectivity index (χ2v) is 4.77. The highest BCUT2D eigenvalue weighted by Crippen LogP contribution is 2.32. The van der Waals surface area contributed by atoms with Crippen molar-refractivity contribution in [1.82, 2.24) is 5.32 Å². The van der Waals surface area contributed by atoms with E-state index in [-0.39, 0.29) is 11.9 Å². The number of rotatable bonds is 3. The normalized spacial score (nSPS) is 16.8. The summed E-state index contributed by atoms with van der Waals surface area (Å²) in [6, 6.07) is 3.76. The van der Waals surface area contributed by atoms with Gasteiger partial charge in [-0.3, -0.25) is 4.79 Å². The van der Waals surface area contributed by atoms with Crippen LogP contribution in [-0.4, -0.2) is 11.9 Å². The van der Waals surface area contributed by atoms with Crippen LogP contribution < -0.4 is 5.32 Å². The van der Waals surface area contributed by atoms with E-state index in [2.05, 4.69) is 11.4 Å². The number of aryl methyl sites for hydroxylation is 1. The summed E-state index contributed by atoms with van der Waals surface area (Å²) in [7, 11) is 0. The third kappa shape index (κ3) is 2.18. The van der Waals surface area contributed by atoms with Crippen molar-refractivity contribution in [2.24, 2.45) is 5.92 Å². The Morgan fingerprint density at radius 3 is 2.93 bits per heavy atom. The quantitative estimate of drug-likeness (QED) is 0.848. The molecule has 3 nitrogen and oxygen atoms in total. The molecule has 1 aliphatic carbocycles. The number of carbonyl (C=O) groups is 1. The van der Waals surface area contributed by atoms with E-state index in [0.717, 1.165) is 23.3 Å². The topological polar surface area (TPSA) is 52.9 Å². The lowest BCUT2D eigenvalue weighted by atomic mass is 10.2. The molecule has 78 valence electrons. The van der Waals surface area contributed by atoms with Crippen LogP contribution in [0.3, 0.4) is 0 Å². The van der Waals surface area contributed by atoms with Crippen LogP contribution in [0, 0.1) is 24.2 Å². The predicted molar refractivity (Wildman–Crippen MR) is 58.6 cm³/mol. The van der Waals surface area contributed by atoms with Gasteiger partial charge in [0.1, 0.15) is 6.04 Å². The minimum atomic E-state index is -0.306. The van der Waals surface area contributed by atoms with Crippen molar-refractivity contribution < 1.29 is 4.79 Å². The molecule has 1 heterocycles. The lowest BCUT2D eigenvalue weighted by Gasteiger charge is -2.09. The summed E-state index contributed by atoms with van der Waals surface area (Å²) in [6.07, 6.45) is 2.11. The van der Waals surface area contributed by atoms with Crippen LogP contribution in [0.4, 0.5) is 0 Å². The number of thiophene rings is 1. The van der Waals surface area contributed by atoms with Crippen molar-refractivity contribution in [3.05, 3.63) is 21.9 Å². The molecule has 1 N–H and O–H groups in total. The average Bonchev–Trinajstić information content (AvgIpc) is 2.97. The fourth-order valence-corrected chi connectivity index (χ4v) is 2.33. The van der Waals surface area contributed by atoms with Crippen molar-refractivity contribution in [3.63, 3.8) is 0 Å². The Labute approximate surface area is 92.7 Å². The van der Waals surface area contributed by atoms with E-state index < -0.39 is 0 Å². The Balaban J connectivity index is 2.03. The van der Waals surface area contributed by atoms with Crippen LogP contribution in [0.2, 0.25) is 0 Å². The molecule has 1 aromatic heterocycles. The summed E-state index contributed by atoms with van der Waals surface area (Å²) in [5, 5.41) is 13.6. The fraction of sp³-hybridized carbons (Fsp3) is 0.455. The van der Waals surface area contributed by atoms with E-state index in [4.69, 9.17) is 5.26 Å². The van der Waals surface area contributed by atoms with Gasteiger partial charge in [-0.2, -0.15) is 5.26 Å².